The van der Waals surface area contributed by atoms with Crippen LogP contribution in [0.15, 0.2) is 23.3 Å². The summed E-state index contributed by atoms with van der Waals surface area (Å²) in [7, 11) is 4.11. The SMILES string of the molecule is CN=C(NCc1cccnc1N1CCN(C)CC1)N1CCSC2(CCCCC2)C1. The molecule has 2 saturated heterocycles. The predicted molar refractivity (Wildman–Crippen MR) is 124 cm³/mol. The zero-order chi connectivity index (χ0) is 20.1. The molecule has 0 atom stereocenters. The third-order valence-electron chi connectivity index (χ3n) is 6.63. The van der Waals surface area contributed by atoms with Crippen LogP contribution in [-0.2, 0) is 6.54 Å². The predicted octanol–water partition coefficient (Wildman–Crippen LogP) is 2.66. The molecule has 1 N–H and O–H groups in total. The summed E-state index contributed by atoms with van der Waals surface area (Å²) in [5.41, 5.74) is 1.26. The van der Waals surface area contributed by atoms with Crippen LogP contribution in [0.1, 0.15) is 37.7 Å². The average molecular weight is 417 g/mol. The highest BCUT2D eigenvalue weighted by atomic mass is 32.2. The summed E-state index contributed by atoms with van der Waals surface area (Å²) in [6.45, 7) is 7.28. The largest absolute Gasteiger partial charge is 0.354 e. The summed E-state index contributed by atoms with van der Waals surface area (Å²) < 4.78 is 0.452. The third-order valence-corrected chi connectivity index (χ3v) is 8.17. The molecule has 0 radical (unpaired) electrons. The van der Waals surface area contributed by atoms with Gasteiger partial charge in [-0.05, 0) is 26.0 Å². The van der Waals surface area contributed by atoms with Crippen molar-refractivity contribution in [1.29, 1.82) is 0 Å². The molecule has 0 bridgehead atoms. The van der Waals surface area contributed by atoms with Gasteiger partial charge in [0.2, 0.25) is 0 Å². The maximum absolute atomic E-state index is 4.72. The van der Waals surface area contributed by atoms with E-state index in [1.54, 1.807) is 0 Å². The molecule has 1 spiro atoms. The van der Waals surface area contributed by atoms with Crippen LogP contribution in [0.4, 0.5) is 5.82 Å². The molecule has 3 fully saturated rings. The van der Waals surface area contributed by atoms with Crippen LogP contribution in [0.3, 0.4) is 0 Å². The number of hydrogen-bond acceptors (Lipinski definition) is 5. The molecule has 29 heavy (non-hydrogen) atoms. The second kappa shape index (κ2) is 9.56. The quantitative estimate of drug-likeness (QED) is 0.604. The normalized spacial score (nSPS) is 23.4. The molecule has 0 amide bonds. The van der Waals surface area contributed by atoms with Gasteiger partial charge in [0, 0.05) is 75.1 Å². The summed E-state index contributed by atoms with van der Waals surface area (Å²) in [6, 6.07) is 4.25. The Kier molecular flexibility index (Phi) is 6.85. The number of aromatic nitrogens is 1. The van der Waals surface area contributed by atoms with Crippen molar-refractivity contribution in [2.24, 2.45) is 4.99 Å². The van der Waals surface area contributed by atoms with Gasteiger partial charge in [-0.1, -0.05) is 25.3 Å². The van der Waals surface area contributed by atoms with E-state index in [4.69, 9.17) is 4.98 Å². The molecule has 1 aromatic rings. The number of rotatable bonds is 3. The zero-order valence-corrected chi connectivity index (χ0v) is 18.9. The van der Waals surface area contributed by atoms with Crippen LogP contribution in [0.25, 0.3) is 0 Å². The lowest BCUT2D eigenvalue weighted by molar-refractivity contribution is 0.293. The van der Waals surface area contributed by atoms with E-state index in [1.165, 1.54) is 43.4 Å². The van der Waals surface area contributed by atoms with Gasteiger partial charge in [-0.25, -0.2) is 4.98 Å². The molecule has 3 aliphatic rings. The first-order valence-corrected chi connectivity index (χ1v) is 12.1. The van der Waals surface area contributed by atoms with Gasteiger partial charge >= 0.3 is 0 Å². The van der Waals surface area contributed by atoms with Crippen molar-refractivity contribution < 1.29 is 0 Å². The fraction of sp³-hybridized carbons (Fsp3) is 0.727. The van der Waals surface area contributed by atoms with Crippen molar-refractivity contribution in [1.82, 2.24) is 20.1 Å². The first-order chi connectivity index (χ1) is 14.2. The summed E-state index contributed by atoms with van der Waals surface area (Å²) in [5, 5.41) is 3.66. The van der Waals surface area contributed by atoms with E-state index in [9.17, 15) is 0 Å². The molecule has 1 aromatic heterocycles. The lowest BCUT2D eigenvalue weighted by atomic mass is 9.87. The molecule has 6 nitrogen and oxygen atoms in total. The van der Waals surface area contributed by atoms with Crippen molar-refractivity contribution in [3.63, 3.8) is 0 Å². The maximum atomic E-state index is 4.72. The Morgan fingerprint density at radius 2 is 1.97 bits per heavy atom. The van der Waals surface area contributed by atoms with Crippen LogP contribution >= 0.6 is 11.8 Å². The molecule has 160 valence electrons. The number of nitrogens with zero attached hydrogens (tertiary/aromatic N) is 5. The number of pyridine rings is 1. The number of likely N-dealkylation sites (N-methyl/N-ethyl adjacent to an activating group) is 1. The number of thioether (sulfide) groups is 1. The first-order valence-electron chi connectivity index (χ1n) is 11.2. The summed E-state index contributed by atoms with van der Waals surface area (Å²) in [4.78, 5) is 16.7. The monoisotopic (exact) mass is 416 g/mol. The van der Waals surface area contributed by atoms with E-state index in [1.807, 2.05) is 19.3 Å². The molecule has 0 unspecified atom stereocenters. The number of piperazine rings is 1. The van der Waals surface area contributed by atoms with Gasteiger partial charge < -0.3 is 20.0 Å². The van der Waals surface area contributed by atoms with Gasteiger partial charge in [-0.2, -0.15) is 11.8 Å². The van der Waals surface area contributed by atoms with Crippen LogP contribution in [0.5, 0.6) is 0 Å². The Morgan fingerprint density at radius 3 is 2.72 bits per heavy atom. The van der Waals surface area contributed by atoms with Crippen LogP contribution < -0.4 is 10.2 Å². The highest BCUT2D eigenvalue weighted by Crippen LogP contribution is 2.42. The molecule has 4 rings (SSSR count). The molecule has 1 aliphatic carbocycles. The van der Waals surface area contributed by atoms with Gasteiger partial charge in [0.05, 0.1) is 0 Å². The standard InChI is InChI=1S/C22H36N6S/c1-23-21(28-15-16-29-22(18-28)8-4-3-5-9-22)25-17-19-7-6-10-24-20(19)27-13-11-26(2)12-14-27/h6-7,10H,3-5,8-9,11-18H2,1-2H3,(H,23,25). The van der Waals surface area contributed by atoms with E-state index in [0.29, 0.717) is 4.75 Å². The highest BCUT2D eigenvalue weighted by Gasteiger charge is 2.38. The van der Waals surface area contributed by atoms with E-state index in [0.717, 1.165) is 57.6 Å². The Bertz CT molecular complexity index is 689. The van der Waals surface area contributed by atoms with E-state index >= 15 is 0 Å². The molecule has 3 heterocycles. The number of guanidine groups is 1. The number of hydrogen-bond donors (Lipinski definition) is 1. The molecule has 7 heteroatoms. The first kappa shape index (κ1) is 20.8. The minimum Gasteiger partial charge on any atom is -0.354 e. The summed E-state index contributed by atoms with van der Waals surface area (Å²) in [6.07, 6.45) is 8.82. The van der Waals surface area contributed by atoms with Crippen molar-refractivity contribution in [3.05, 3.63) is 23.9 Å². The van der Waals surface area contributed by atoms with Gasteiger partial charge in [-0.15, -0.1) is 0 Å². The lowest BCUT2D eigenvalue weighted by Gasteiger charge is -2.45. The Hall–Kier alpha value is -1.47. The Labute approximate surface area is 180 Å². The molecule has 0 aromatic carbocycles. The van der Waals surface area contributed by atoms with E-state index < -0.39 is 0 Å². The molecular formula is C22H36N6S. The second-order valence-corrected chi connectivity index (χ2v) is 10.3. The Balaban J connectivity index is 1.40. The van der Waals surface area contributed by atoms with Gasteiger partial charge in [0.25, 0.3) is 0 Å². The Morgan fingerprint density at radius 1 is 1.17 bits per heavy atom. The maximum Gasteiger partial charge on any atom is 0.193 e. The molecular weight excluding hydrogens is 380 g/mol. The third kappa shape index (κ3) is 5.00. The second-order valence-electron chi connectivity index (χ2n) is 8.69. The summed E-state index contributed by atoms with van der Waals surface area (Å²) >= 11 is 2.21. The van der Waals surface area contributed by atoms with Crippen LogP contribution in [0.2, 0.25) is 0 Å². The smallest absolute Gasteiger partial charge is 0.193 e. The minimum atomic E-state index is 0.452. The minimum absolute atomic E-state index is 0.452. The van der Waals surface area contributed by atoms with Crippen molar-refractivity contribution in [2.45, 2.75) is 43.4 Å². The number of aliphatic imine (C=N–C) groups is 1. The highest BCUT2D eigenvalue weighted by molar-refractivity contribution is 8.00. The summed E-state index contributed by atoms with van der Waals surface area (Å²) in [5.74, 6) is 3.38. The fourth-order valence-corrected chi connectivity index (χ4v) is 6.47. The fourth-order valence-electron chi connectivity index (χ4n) is 4.90. The van der Waals surface area contributed by atoms with Crippen molar-refractivity contribution in [3.8, 4) is 0 Å². The molecule has 1 saturated carbocycles. The van der Waals surface area contributed by atoms with Crippen LogP contribution in [-0.4, -0.2) is 84.6 Å². The van der Waals surface area contributed by atoms with Gasteiger partial charge in [-0.3, -0.25) is 4.99 Å². The van der Waals surface area contributed by atoms with Gasteiger partial charge in [0.15, 0.2) is 5.96 Å². The van der Waals surface area contributed by atoms with Crippen molar-refractivity contribution in [2.75, 3.05) is 64.0 Å². The van der Waals surface area contributed by atoms with Gasteiger partial charge in [0.1, 0.15) is 5.82 Å². The van der Waals surface area contributed by atoms with Crippen LogP contribution in [0, 0.1) is 0 Å². The average Bonchev–Trinajstić information content (AvgIpc) is 2.76. The molecule has 2 aliphatic heterocycles. The van der Waals surface area contributed by atoms with E-state index in [2.05, 4.69) is 49.9 Å². The lowest BCUT2D eigenvalue weighted by Crippen LogP contribution is -2.53. The number of anilines is 1. The van der Waals surface area contributed by atoms with Crippen molar-refractivity contribution >= 4 is 23.5 Å². The zero-order valence-electron chi connectivity index (χ0n) is 18.1. The van der Waals surface area contributed by atoms with E-state index in [-0.39, 0.29) is 0 Å². The number of nitrogens with one attached hydrogen (secondary N) is 1. The topological polar surface area (TPSA) is 47.0 Å².